The van der Waals surface area contributed by atoms with Crippen LogP contribution in [0.4, 0.5) is 0 Å². The topological polar surface area (TPSA) is 3.88 Å². The van der Waals surface area contributed by atoms with Gasteiger partial charge in [0.2, 0.25) is 5.52 Å². The van der Waals surface area contributed by atoms with Gasteiger partial charge in [0.05, 0.1) is 10.8 Å². The van der Waals surface area contributed by atoms with Crippen LogP contribution < -0.4 is 3.96 Å². The molecule has 3 rings (SSSR count). The van der Waals surface area contributed by atoms with Crippen molar-refractivity contribution in [1.82, 2.24) is 0 Å². The molecule has 0 aliphatic heterocycles. The maximum absolute atomic E-state index is 5.98. The van der Waals surface area contributed by atoms with E-state index in [-0.39, 0.29) is 0 Å². The van der Waals surface area contributed by atoms with E-state index in [2.05, 4.69) is 39.7 Å². The molecule has 3 heteroatoms. The fraction of sp³-hybridized carbons (Fsp3) is 0.0714. The normalized spacial score (nSPS) is 10.9. The maximum atomic E-state index is 5.98. The molecule has 1 nitrogen and oxygen atoms in total. The summed E-state index contributed by atoms with van der Waals surface area (Å²) < 4.78 is 2.28. The van der Waals surface area contributed by atoms with Gasteiger partial charge in [0, 0.05) is 16.7 Å². The van der Waals surface area contributed by atoms with E-state index in [4.69, 9.17) is 11.6 Å². The third-order valence-electron chi connectivity index (χ3n) is 2.73. The molecule has 0 bridgehead atoms. The monoisotopic (exact) mass is 260 g/mol. The second-order valence-electron chi connectivity index (χ2n) is 3.95. The van der Waals surface area contributed by atoms with Crippen molar-refractivity contribution in [2.24, 2.45) is 0 Å². The Hall–Kier alpha value is -1.38. The zero-order chi connectivity index (χ0) is 11.7. The summed E-state index contributed by atoms with van der Waals surface area (Å²) in [6.07, 6.45) is 0. The van der Waals surface area contributed by atoms with Crippen LogP contribution in [0, 0.1) is 0 Å². The Morgan fingerprint density at radius 1 is 1.06 bits per heavy atom. The lowest BCUT2D eigenvalue weighted by atomic mass is 10.2. The highest BCUT2D eigenvalue weighted by Crippen LogP contribution is 2.19. The van der Waals surface area contributed by atoms with Crippen molar-refractivity contribution in [2.45, 2.75) is 6.54 Å². The Bertz CT molecular complexity index is 646. The van der Waals surface area contributed by atoms with E-state index in [9.17, 15) is 0 Å². The molecular weight excluding hydrogens is 250 g/mol. The average molecular weight is 261 g/mol. The Balaban J connectivity index is 2.01. The molecule has 3 aromatic rings. The van der Waals surface area contributed by atoms with Gasteiger partial charge in [0.25, 0.3) is 0 Å². The van der Waals surface area contributed by atoms with Gasteiger partial charge in [0.1, 0.15) is 11.5 Å². The van der Waals surface area contributed by atoms with Crippen LogP contribution in [0.3, 0.4) is 0 Å². The van der Waals surface area contributed by atoms with E-state index >= 15 is 0 Å². The largest absolute Gasteiger partial charge is 0.227 e. The lowest BCUT2D eigenvalue weighted by Gasteiger charge is -1.94. The lowest BCUT2D eigenvalue weighted by molar-refractivity contribution is -0.592. The van der Waals surface area contributed by atoms with Crippen molar-refractivity contribution < 1.29 is 3.96 Å². The van der Waals surface area contributed by atoms with Gasteiger partial charge in [-0.05, 0) is 12.1 Å². The second kappa shape index (κ2) is 4.47. The predicted octanol–water partition coefficient (Wildman–Crippen LogP) is 3.89. The molecule has 2 aromatic carbocycles. The summed E-state index contributed by atoms with van der Waals surface area (Å²) in [6.45, 7) is 0.913. The molecule has 0 saturated carbocycles. The van der Waals surface area contributed by atoms with Crippen molar-refractivity contribution in [3.05, 3.63) is 64.5 Å². The number of benzene rings is 2. The number of aromatic nitrogens is 1. The zero-order valence-electron chi connectivity index (χ0n) is 9.14. The minimum Gasteiger partial charge on any atom is -0.129 e. The number of halogens is 1. The number of nitrogens with zero attached hydrogens (tertiary/aromatic N) is 1. The highest BCUT2D eigenvalue weighted by molar-refractivity contribution is 7.00. The molecule has 0 saturated heterocycles. The first-order valence-corrected chi connectivity index (χ1v) is 6.65. The third kappa shape index (κ3) is 2.19. The minimum absolute atomic E-state index is 0.794. The van der Waals surface area contributed by atoms with Crippen LogP contribution in [-0.2, 0) is 6.54 Å². The van der Waals surface area contributed by atoms with Crippen LogP contribution in [0.25, 0.3) is 10.9 Å². The Morgan fingerprint density at radius 3 is 2.71 bits per heavy atom. The van der Waals surface area contributed by atoms with Crippen molar-refractivity contribution in [3.8, 4) is 0 Å². The van der Waals surface area contributed by atoms with E-state index in [1.165, 1.54) is 16.5 Å². The number of hydrogen-bond donors (Lipinski definition) is 0. The van der Waals surface area contributed by atoms with Gasteiger partial charge < -0.3 is 0 Å². The smallest absolute Gasteiger partial charge is 0.129 e. The maximum Gasteiger partial charge on any atom is 0.227 e. The highest BCUT2D eigenvalue weighted by Gasteiger charge is 2.12. The summed E-state index contributed by atoms with van der Waals surface area (Å²) in [5.41, 5.74) is 2.56. The molecule has 84 valence electrons. The summed E-state index contributed by atoms with van der Waals surface area (Å²) in [4.78, 5) is 0. The van der Waals surface area contributed by atoms with Crippen molar-refractivity contribution in [3.63, 3.8) is 0 Å². The van der Waals surface area contributed by atoms with Gasteiger partial charge in [-0.1, -0.05) is 41.9 Å². The molecule has 0 spiro atoms. The standard InChI is InChI=1S/C14H11ClNS/c15-13-6-7-14-12(8-13)10-17-16(14)9-11-4-2-1-3-5-11/h1-8,10H,9H2/q+1. The summed E-state index contributed by atoms with van der Waals surface area (Å²) in [5, 5.41) is 4.14. The average Bonchev–Trinajstić information content (AvgIpc) is 2.73. The first-order valence-electron chi connectivity index (χ1n) is 5.44. The van der Waals surface area contributed by atoms with Crippen LogP contribution >= 0.6 is 23.1 Å². The van der Waals surface area contributed by atoms with Gasteiger partial charge >= 0.3 is 0 Å². The van der Waals surface area contributed by atoms with E-state index in [0.29, 0.717) is 0 Å². The number of fused-ring (bicyclic) bond motifs is 1. The molecule has 0 aliphatic rings. The van der Waals surface area contributed by atoms with E-state index in [1.54, 1.807) is 11.5 Å². The lowest BCUT2D eigenvalue weighted by Crippen LogP contribution is -2.29. The van der Waals surface area contributed by atoms with E-state index in [1.807, 2.05) is 18.2 Å². The summed E-state index contributed by atoms with van der Waals surface area (Å²) in [5.74, 6) is 0. The molecular formula is C14H11ClNS+. The summed E-state index contributed by atoms with van der Waals surface area (Å²) in [6, 6.07) is 16.5. The van der Waals surface area contributed by atoms with Crippen LogP contribution in [0.5, 0.6) is 0 Å². The quantitative estimate of drug-likeness (QED) is 0.616. The van der Waals surface area contributed by atoms with Crippen molar-refractivity contribution in [2.75, 3.05) is 0 Å². The molecule has 0 fully saturated rings. The minimum atomic E-state index is 0.794. The molecule has 0 atom stereocenters. The van der Waals surface area contributed by atoms with Crippen LogP contribution in [0.2, 0.25) is 5.02 Å². The second-order valence-corrected chi connectivity index (χ2v) is 5.27. The Labute approximate surface area is 109 Å². The van der Waals surface area contributed by atoms with Gasteiger partial charge in [-0.25, -0.2) is 0 Å². The first-order chi connectivity index (χ1) is 8.33. The molecule has 1 heterocycles. The van der Waals surface area contributed by atoms with Gasteiger partial charge in [-0.2, -0.15) is 0 Å². The molecule has 0 aliphatic carbocycles. The van der Waals surface area contributed by atoms with Crippen LogP contribution in [0.1, 0.15) is 5.56 Å². The molecule has 17 heavy (non-hydrogen) atoms. The fourth-order valence-electron chi connectivity index (χ4n) is 1.90. The molecule has 0 amide bonds. The van der Waals surface area contributed by atoms with Gasteiger partial charge in [-0.15, -0.1) is 3.96 Å². The first kappa shape index (κ1) is 10.8. The third-order valence-corrected chi connectivity index (χ3v) is 3.91. The molecule has 0 radical (unpaired) electrons. The predicted molar refractivity (Wildman–Crippen MR) is 72.6 cm³/mol. The Morgan fingerprint density at radius 2 is 1.88 bits per heavy atom. The fourth-order valence-corrected chi connectivity index (χ4v) is 3.01. The summed E-state index contributed by atoms with van der Waals surface area (Å²) in [7, 11) is 0. The van der Waals surface area contributed by atoms with Gasteiger partial charge in [0.15, 0.2) is 6.54 Å². The Kier molecular flexibility index (Phi) is 2.83. The molecule has 0 unspecified atom stereocenters. The van der Waals surface area contributed by atoms with Crippen molar-refractivity contribution in [1.29, 1.82) is 0 Å². The van der Waals surface area contributed by atoms with Crippen molar-refractivity contribution >= 4 is 34.0 Å². The summed E-state index contributed by atoms with van der Waals surface area (Å²) >= 11 is 7.71. The highest BCUT2D eigenvalue weighted by atomic mass is 35.5. The number of rotatable bonds is 2. The molecule has 1 aromatic heterocycles. The molecule has 0 N–H and O–H groups in total. The van der Waals surface area contributed by atoms with Crippen LogP contribution in [-0.4, -0.2) is 0 Å². The van der Waals surface area contributed by atoms with Gasteiger partial charge in [-0.3, -0.25) is 0 Å². The van der Waals surface area contributed by atoms with Crippen LogP contribution in [0.15, 0.2) is 53.9 Å². The SMILES string of the molecule is Clc1ccc2c(cs[n+]2Cc2ccccc2)c1. The van der Waals surface area contributed by atoms with E-state index in [0.717, 1.165) is 11.6 Å². The number of hydrogen-bond acceptors (Lipinski definition) is 1. The van der Waals surface area contributed by atoms with E-state index < -0.39 is 0 Å². The zero-order valence-corrected chi connectivity index (χ0v) is 10.7.